The lowest BCUT2D eigenvalue weighted by atomic mass is 10.3. The predicted octanol–water partition coefficient (Wildman–Crippen LogP) is 1.15. The zero-order valence-corrected chi connectivity index (χ0v) is 7.48. The van der Waals surface area contributed by atoms with Gasteiger partial charge in [0, 0.05) is 12.7 Å². The molecule has 1 aromatic heterocycles. The first-order chi connectivity index (χ1) is 6.38. The molecule has 0 atom stereocenters. The van der Waals surface area contributed by atoms with Crippen LogP contribution in [0, 0.1) is 12.5 Å². The topological polar surface area (TPSA) is 35.1 Å². The molecule has 1 aliphatic rings. The number of nitrogens with zero attached hydrogens (tertiary/aromatic N) is 4. The molecule has 0 bridgehead atoms. The molecule has 0 saturated heterocycles. The average molecular weight is 176 g/mol. The van der Waals surface area contributed by atoms with Gasteiger partial charge < -0.3 is 4.85 Å². The Morgan fingerprint density at radius 3 is 3.15 bits per heavy atom. The fourth-order valence-corrected chi connectivity index (χ4v) is 1.28. The molecule has 13 heavy (non-hydrogen) atoms. The highest BCUT2D eigenvalue weighted by atomic mass is 15.4. The van der Waals surface area contributed by atoms with E-state index in [0.717, 1.165) is 24.6 Å². The van der Waals surface area contributed by atoms with Gasteiger partial charge in [0.15, 0.2) is 0 Å². The van der Waals surface area contributed by atoms with Crippen LogP contribution in [0.25, 0.3) is 4.85 Å². The Morgan fingerprint density at radius 1 is 1.62 bits per heavy atom. The first kappa shape index (κ1) is 8.24. The van der Waals surface area contributed by atoms with Gasteiger partial charge in [0.25, 0.3) is 0 Å². The van der Waals surface area contributed by atoms with Crippen LogP contribution in [0.1, 0.15) is 18.5 Å². The Bertz CT molecular complexity index is 319. The van der Waals surface area contributed by atoms with E-state index in [4.69, 9.17) is 6.57 Å². The minimum Gasteiger partial charge on any atom is -0.317 e. The fourth-order valence-electron chi connectivity index (χ4n) is 1.28. The zero-order valence-electron chi connectivity index (χ0n) is 7.48. The van der Waals surface area contributed by atoms with Crippen molar-refractivity contribution in [2.24, 2.45) is 5.92 Å². The van der Waals surface area contributed by atoms with Crippen molar-refractivity contribution in [3.05, 3.63) is 23.3 Å². The molecule has 1 fully saturated rings. The van der Waals surface area contributed by atoms with Gasteiger partial charge in [-0.25, -0.2) is 6.57 Å². The summed E-state index contributed by atoms with van der Waals surface area (Å²) in [6.07, 6.45) is 5.35. The molecule has 1 aromatic rings. The van der Waals surface area contributed by atoms with Gasteiger partial charge in [-0.1, -0.05) is 5.21 Å². The van der Waals surface area contributed by atoms with Crippen LogP contribution in [0.2, 0.25) is 0 Å². The van der Waals surface area contributed by atoms with E-state index in [1.54, 1.807) is 0 Å². The van der Waals surface area contributed by atoms with Gasteiger partial charge in [-0.15, -0.1) is 5.10 Å². The van der Waals surface area contributed by atoms with Crippen molar-refractivity contribution in [1.82, 2.24) is 15.0 Å². The van der Waals surface area contributed by atoms with Crippen LogP contribution >= 0.6 is 0 Å². The van der Waals surface area contributed by atoms with E-state index in [1.807, 2.05) is 10.9 Å². The zero-order chi connectivity index (χ0) is 9.10. The lowest BCUT2D eigenvalue weighted by Crippen LogP contribution is -1.99. The monoisotopic (exact) mass is 176 g/mol. The van der Waals surface area contributed by atoms with Gasteiger partial charge in [0.1, 0.15) is 0 Å². The Labute approximate surface area is 77.4 Å². The molecule has 0 spiro atoms. The molecule has 0 radical (unpaired) electrons. The van der Waals surface area contributed by atoms with Crippen molar-refractivity contribution in [3.8, 4) is 0 Å². The van der Waals surface area contributed by atoms with Gasteiger partial charge in [0.2, 0.25) is 6.54 Å². The molecule has 0 N–H and O–H groups in total. The molecule has 0 aromatic carbocycles. The molecule has 4 nitrogen and oxygen atoms in total. The first-order valence-corrected chi connectivity index (χ1v) is 4.60. The predicted molar refractivity (Wildman–Crippen MR) is 47.9 cm³/mol. The largest absolute Gasteiger partial charge is 0.317 e. The van der Waals surface area contributed by atoms with Crippen molar-refractivity contribution < 1.29 is 0 Å². The molecule has 2 rings (SSSR count). The normalized spacial score (nSPS) is 15.6. The Balaban J connectivity index is 1.89. The molecule has 0 aliphatic heterocycles. The van der Waals surface area contributed by atoms with Crippen LogP contribution < -0.4 is 0 Å². The summed E-state index contributed by atoms with van der Waals surface area (Å²) in [5, 5.41) is 8.02. The summed E-state index contributed by atoms with van der Waals surface area (Å²) in [5.74, 6) is 0.829. The van der Waals surface area contributed by atoms with Crippen molar-refractivity contribution in [2.45, 2.75) is 25.8 Å². The quantitative estimate of drug-likeness (QED) is 0.645. The molecular formula is C9H12N4. The standard InChI is InChI=1S/C9H12N4/c1-10-5-4-9-7-13(12-11-9)6-8-2-3-8/h7-8H,2-6H2. The van der Waals surface area contributed by atoms with Gasteiger partial charge >= 0.3 is 0 Å². The molecule has 0 unspecified atom stereocenters. The number of hydrogen-bond donors (Lipinski definition) is 0. The van der Waals surface area contributed by atoms with Crippen LogP contribution in [-0.2, 0) is 13.0 Å². The molecule has 1 heterocycles. The molecule has 1 aliphatic carbocycles. The number of aromatic nitrogens is 3. The minimum atomic E-state index is 0.516. The Kier molecular flexibility index (Phi) is 2.26. The Hall–Kier alpha value is -1.37. The number of rotatable bonds is 4. The summed E-state index contributed by atoms with van der Waals surface area (Å²) in [5.41, 5.74) is 0.941. The summed E-state index contributed by atoms with van der Waals surface area (Å²) >= 11 is 0. The van der Waals surface area contributed by atoms with E-state index in [2.05, 4.69) is 15.2 Å². The second-order valence-electron chi connectivity index (χ2n) is 3.51. The molecular weight excluding hydrogens is 164 g/mol. The van der Waals surface area contributed by atoms with Gasteiger partial charge in [-0.2, -0.15) is 0 Å². The smallest absolute Gasteiger partial charge is 0.220 e. The second-order valence-corrected chi connectivity index (χ2v) is 3.51. The maximum atomic E-state index is 6.65. The van der Waals surface area contributed by atoms with Crippen LogP contribution in [0.5, 0.6) is 0 Å². The van der Waals surface area contributed by atoms with Crippen LogP contribution in [0.15, 0.2) is 6.20 Å². The second kappa shape index (κ2) is 3.56. The highest BCUT2D eigenvalue weighted by Gasteiger charge is 2.22. The van der Waals surface area contributed by atoms with Crippen LogP contribution in [-0.4, -0.2) is 21.5 Å². The third-order valence-corrected chi connectivity index (χ3v) is 2.21. The SMILES string of the molecule is [C-]#[N+]CCc1cn(CC2CC2)nn1. The highest BCUT2D eigenvalue weighted by molar-refractivity contribution is 4.94. The molecule has 0 amide bonds. The summed E-state index contributed by atoms with van der Waals surface area (Å²) < 4.78 is 1.90. The van der Waals surface area contributed by atoms with E-state index >= 15 is 0 Å². The van der Waals surface area contributed by atoms with E-state index in [1.165, 1.54) is 12.8 Å². The van der Waals surface area contributed by atoms with Gasteiger partial charge in [-0.05, 0) is 18.8 Å². The molecule has 4 heteroatoms. The van der Waals surface area contributed by atoms with Crippen molar-refractivity contribution in [2.75, 3.05) is 6.54 Å². The minimum absolute atomic E-state index is 0.516. The summed E-state index contributed by atoms with van der Waals surface area (Å²) in [6.45, 7) is 8.17. The highest BCUT2D eigenvalue weighted by Crippen LogP contribution is 2.30. The summed E-state index contributed by atoms with van der Waals surface area (Å²) in [7, 11) is 0. The fraction of sp³-hybridized carbons (Fsp3) is 0.667. The lowest BCUT2D eigenvalue weighted by Gasteiger charge is -1.93. The van der Waals surface area contributed by atoms with Crippen molar-refractivity contribution >= 4 is 0 Å². The van der Waals surface area contributed by atoms with Crippen LogP contribution in [0.3, 0.4) is 0 Å². The van der Waals surface area contributed by atoms with E-state index in [0.29, 0.717) is 6.54 Å². The maximum absolute atomic E-state index is 6.65. The van der Waals surface area contributed by atoms with Crippen LogP contribution in [0.4, 0.5) is 0 Å². The van der Waals surface area contributed by atoms with Gasteiger partial charge in [0.05, 0.1) is 12.1 Å². The van der Waals surface area contributed by atoms with E-state index < -0.39 is 0 Å². The average Bonchev–Trinajstić information content (AvgIpc) is 2.81. The lowest BCUT2D eigenvalue weighted by molar-refractivity contribution is 0.544. The third kappa shape index (κ3) is 2.28. The molecule has 68 valence electrons. The van der Waals surface area contributed by atoms with Gasteiger partial charge in [-0.3, -0.25) is 4.68 Å². The Morgan fingerprint density at radius 2 is 2.46 bits per heavy atom. The van der Waals surface area contributed by atoms with E-state index in [-0.39, 0.29) is 0 Å². The van der Waals surface area contributed by atoms with Crippen molar-refractivity contribution in [3.63, 3.8) is 0 Å². The summed E-state index contributed by atoms with van der Waals surface area (Å²) in [6, 6.07) is 0. The van der Waals surface area contributed by atoms with E-state index in [9.17, 15) is 0 Å². The number of hydrogen-bond acceptors (Lipinski definition) is 2. The summed E-state index contributed by atoms with van der Waals surface area (Å²) in [4.78, 5) is 3.29. The maximum Gasteiger partial charge on any atom is 0.220 e. The first-order valence-electron chi connectivity index (χ1n) is 4.60. The third-order valence-electron chi connectivity index (χ3n) is 2.21. The van der Waals surface area contributed by atoms with Crippen molar-refractivity contribution in [1.29, 1.82) is 0 Å². The molecule has 1 saturated carbocycles.